The maximum atomic E-state index is 13.2. The highest BCUT2D eigenvalue weighted by Gasteiger charge is 2.19. The van der Waals surface area contributed by atoms with Crippen molar-refractivity contribution in [3.8, 4) is 5.69 Å². The number of rotatable bonds is 7. The molecule has 1 amide bonds. The van der Waals surface area contributed by atoms with Crippen molar-refractivity contribution >= 4 is 29.1 Å². The van der Waals surface area contributed by atoms with E-state index in [-0.39, 0.29) is 22.8 Å². The molecule has 0 radical (unpaired) electrons. The molecule has 0 fully saturated rings. The van der Waals surface area contributed by atoms with E-state index in [1.54, 1.807) is 18.2 Å². The molecular formula is C22H20Cl2FN3O3. The number of carbonyl (C=O) groups excluding carboxylic acids is 1. The second-order valence-corrected chi connectivity index (χ2v) is 7.75. The van der Waals surface area contributed by atoms with Gasteiger partial charge in [0.25, 0.3) is 11.5 Å². The predicted octanol–water partition coefficient (Wildman–Crippen LogP) is 4.18. The molecule has 0 aliphatic rings. The minimum Gasteiger partial charge on any atom is -0.348 e. The molecule has 2 aromatic carbocycles. The van der Waals surface area contributed by atoms with Crippen LogP contribution in [-0.4, -0.2) is 15.0 Å². The number of halogens is 3. The van der Waals surface area contributed by atoms with E-state index in [2.05, 4.69) is 5.32 Å². The third-order valence-electron chi connectivity index (χ3n) is 4.67. The van der Waals surface area contributed by atoms with E-state index in [9.17, 15) is 18.8 Å². The van der Waals surface area contributed by atoms with Gasteiger partial charge in [0.2, 0.25) is 0 Å². The van der Waals surface area contributed by atoms with Gasteiger partial charge in [0, 0.05) is 29.3 Å². The summed E-state index contributed by atoms with van der Waals surface area (Å²) >= 11 is 12.0. The highest BCUT2D eigenvalue weighted by Crippen LogP contribution is 2.17. The second-order valence-electron chi connectivity index (χ2n) is 6.91. The normalized spacial score (nSPS) is 10.8. The van der Waals surface area contributed by atoms with E-state index in [0.29, 0.717) is 23.6 Å². The first-order chi connectivity index (χ1) is 14.8. The summed E-state index contributed by atoms with van der Waals surface area (Å²) in [6.07, 6.45) is 2.79. The lowest BCUT2D eigenvalue weighted by Crippen LogP contribution is -2.43. The van der Waals surface area contributed by atoms with Crippen molar-refractivity contribution in [3.05, 3.63) is 96.5 Å². The summed E-state index contributed by atoms with van der Waals surface area (Å²) < 4.78 is 15.5. The Morgan fingerprint density at radius 3 is 2.58 bits per heavy atom. The van der Waals surface area contributed by atoms with Gasteiger partial charge >= 0.3 is 5.69 Å². The number of nitrogens with one attached hydrogen (secondary N) is 1. The molecule has 6 nitrogen and oxygen atoms in total. The minimum absolute atomic E-state index is 0.0113. The molecule has 0 spiro atoms. The van der Waals surface area contributed by atoms with Crippen molar-refractivity contribution in [2.24, 2.45) is 0 Å². The van der Waals surface area contributed by atoms with Gasteiger partial charge in [0.1, 0.15) is 11.4 Å². The van der Waals surface area contributed by atoms with E-state index < -0.39 is 23.0 Å². The van der Waals surface area contributed by atoms with E-state index in [0.717, 1.165) is 17.1 Å². The SMILES string of the molecule is CCCCn1cc(C(=O)NCc2ccc(F)cc2Cl)c(=O)n(-c2cccc(Cl)c2)c1=O. The number of benzene rings is 2. The Balaban J connectivity index is 2.02. The van der Waals surface area contributed by atoms with Crippen molar-refractivity contribution in [1.29, 1.82) is 0 Å². The van der Waals surface area contributed by atoms with Crippen LogP contribution in [0.4, 0.5) is 4.39 Å². The summed E-state index contributed by atoms with van der Waals surface area (Å²) in [6, 6.07) is 10.1. The van der Waals surface area contributed by atoms with Crippen LogP contribution < -0.4 is 16.6 Å². The molecule has 0 aliphatic heterocycles. The summed E-state index contributed by atoms with van der Waals surface area (Å²) in [4.78, 5) is 38.8. The summed E-state index contributed by atoms with van der Waals surface area (Å²) in [5, 5.41) is 3.12. The lowest BCUT2D eigenvalue weighted by atomic mass is 10.2. The smallest absolute Gasteiger partial charge is 0.335 e. The molecule has 0 atom stereocenters. The summed E-state index contributed by atoms with van der Waals surface area (Å²) in [5.41, 5.74) is -0.759. The molecular weight excluding hydrogens is 444 g/mol. The number of amides is 1. The first kappa shape index (κ1) is 22.8. The minimum atomic E-state index is -0.761. The van der Waals surface area contributed by atoms with Gasteiger partial charge in [0.15, 0.2) is 0 Å². The van der Waals surface area contributed by atoms with Crippen LogP contribution in [0.15, 0.2) is 58.3 Å². The Kier molecular flexibility index (Phi) is 7.30. The zero-order chi connectivity index (χ0) is 22.5. The molecule has 9 heteroatoms. The van der Waals surface area contributed by atoms with Crippen LogP contribution in [0, 0.1) is 5.82 Å². The van der Waals surface area contributed by atoms with Gasteiger partial charge in [0.05, 0.1) is 5.69 Å². The van der Waals surface area contributed by atoms with Crippen LogP contribution >= 0.6 is 23.2 Å². The standard InChI is InChI=1S/C22H20Cl2FN3O3/c1-2-3-9-27-13-18(20(29)26-12-14-7-8-16(25)11-19(14)24)21(30)28(22(27)31)17-6-4-5-15(23)10-17/h4-8,10-11,13H,2-3,9,12H2,1H3,(H,26,29). The van der Waals surface area contributed by atoms with Crippen LogP contribution in [0.25, 0.3) is 5.69 Å². The van der Waals surface area contributed by atoms with Crippen molar-refractivity contribution in [1.82, 2.24) is 14.5 Å². The van der Waals surface area contributed by atoms with Crippen molar-refractivity contribution in [3.63, 3.8) is 0 Å². The average molecular weight is 464 g/mol. The maximum absolute atomic E-state index is 13.2. The summed E-state index contributed by atoms with van der Waals surface area (Å²) in [6.45, 7) is 2.31. The predicted molar refractivity (Wildman–Crippen MR) is 119 cm³/mol. The summed E-state index contributed by atoms with van der Waals surface area (Å²) in [5.74, 6) is -1.17. The number of carbonyl (C=O) groups is 1. The molecule has 0 bridgehead atoms. The maximum Gasteiger partial charge on any atom is 0.335 e. The fourth-order valence-corrected chi connectivity index (χ4v) is 3.44. The fraction of sp³-hybridized carbons (Fsp3) is 0.227. The van der Waals surface area contributed by atoms with Gasteiger partial charge < -0.3 is 5.32 Å². The zero-order valence-corrected chi connectivity index (χ0v) is 18.2. The molecule has 1 aromatic heterocycles. The number of hydrogen-bond acceptors (Lipinski definition) is 3. The third kappa shape index (κ3) is 5.24. The van der Waals surface area contributed by atoms with Gasteiger partial charge in [-0.3, -0.25) is 14.2 Å². The number of nitrogens with zero attached hydrogens (tertiary/aromatic N) is 2. The first-order valence-corrected chi connectivity index (χ1v) is 10.4. The lowest BCUT2D eigenvalue weighted by molar-refractivity contribution is 0.0948. The quantitative estimate of drug-likeness (QED) is 0.571. The molecule has 162 valence electrons. The first-order valence-electron chi connectivity index (χ1n) is 9.66. The van der Waals surface area contributed by atoms with Crippen LogP contribution in [0.3, 0.4) is 0 Å². The highest BCUT2D eigenvalue weighted by molar-refractivity contribution is 6.31. The molecule has 3 aromatic rings. The molecule has 0 saturated heterocycles. The van der Waals surface area contributed by atoms with Crippen LogP contribution in [0.5, 0.6) is 0 Å². The van der Waals surface area contributed by atoms with Crippen LogP contribution in [0.1, 0.15) is 35.7 Å². The van der Waals surface area contributed by atoms with E-state index in [4.69, 9.17) is 23.2 Å². The van der Waals surface area contributed by atoms with Crippen molar-refractivity contribution in [2.45, 2.75) is 32.9 Å². The largest absolute Gasteiger partial charge is 0.348 e. The van der Waals surface area contributed by atoms with Crippen LogP contribution in [0.2, 0.25) is 10.0 Å². The third-order valence-corrected chi connectivity index (χ3v) is 5.26. The molecule has 0 aliphatic carbocycles. The zero-order valence-electron chi connectivity index (χ0n) is 16.7. The van der Waals surface area contributed by atoms with E-state index in [1.807, 2.05) is 6.92 Å². The molecule has 0 saturated carbocycles. The van der Waals surface area contributed by atoms with Crippen LogP contribution in [-0.2, 0) is 13.1 Å². The second kappa shape index (κ2) is 9.94. The number of hydrogen-bond donors (Lipinski definition) is 1. The Hall–Kier alpha value is -2.90. The van der Waals surface area contributed by atoms with E-state index >= 15 is 0 Å². The molecule has 1 N–H and O–H groups in total. The molecule has 3 rings (SSSR count). The molecule has 1 heterocycles. The Labute approximate surface area is 187 Å². The molecule has 31 heavy (non-hydrogen) atoms. The summed E-state index contributed by atoms with van der Waals surface area (Å²) in [7, 11) is 0. The molecule has 0 unspecified atom stereocenters. The van der Waals surface area contributed by atoms with E-state index in [1.165, 1.54) is 29.0 Å². The monoisotopic (exact) mass is 463 g/mol. The topological polar surface area (TPSA) is 73.1 Å². The Bertz CT molecular complexity index is 1240. The van der Waals surface area contributed by atoms with Gasteiger partial charge in [-0.15, -0.1) is 0 Å². The Morgan fingerprint density at radius 1 is 1.13 bits per heavy atom. The number of aromatic nitrogens is 2. The number of unbranched alkanes of at least 4 members (excludes halogenated alkanes) is 1. The average Bonchev–Trinajstić information content (AvgIpc) is 2.72. The van der Waals surface area contributed by atoms with Gasteiger partial charge in [-0.25, -0.2) is 13.8 Å². The fourth-order valence-electron chi connectivity index (χ4n) is 3.03. The van der Waals surface area contributed by atoms with Crippen molar-refractivity contribution in [2.75, 3.05) is 0 Å². The highest BCUT2D eigenvalue weighted by atomic mass is 35.5. The number of aryl methyl sites for hydroxylation is 1. The van der Waals surface area contributed by atoms with Crippen molar-refractivity contribution < 1.29 is 9.18 Å². The van der Waals surface area contributed by atoms with Gasteiger partial charge in [-0.1, -0.05) is 48.7 Å². The lowest BCUT2D eigenvalue weighted by Gasteiger charge is -2.13. The van der Waals surface area contributed by atoms with Gasteiger partial charge in [-0.05, 0) is 42.3 Å². The Morgan fingerprint density at radius 2 is 1.90 bits per heavy atom. The van der Waals surface area contributed by atoms with Gasteiger partial charge in [-0.2, -0.15) is 0 Å².